The molecular weight excluding hydrogens is 174 g/mol. The Morgan fingerprint density at radius 3 is 2.71 bits per heavy atom. The van der Waals surface area contributed by atoms with Crippen LogP contribution in [0.5, 0.6) is 0 Å². The molecule has 1 atom stereocenters. The van der Waals surface area contributed by atoms with Crippen LogP contribution in [0.2, 0.25) is 0 Å². The molecule has 2 heteroatoms. The molecule has 2 nitrogen and oxygen atoms in total. The van der Waals surface area contributed by atoms with Crippen LogP contribution in [0.15, 0.2) is 24.3 Å². The number of aliphatic hydroxyl groups excluding tert-OH is 1. The van der Waals surface area contributed by atoms with E-state index in [1.165, 1.54) is 0 Å². The van der Waals surface area contributed by atoms with E-state index in [-0.39, 0.29) is 12.6 Å². The average molecular weight is 193 g/mol. The summed E-state index contributed by atoms with van der Waals surface area (Å²) in [4.78, 5) is 0. The van der Waals surface area contributed by atoms with Crippen molar-refractivity contribution in [2.45, 2.75) is 38.8 Å². The topological polar surface area (TPSA) is 46.2 Å². The van der Waals surface area contributed by atoms with Crippen LogP contribution in [0.25, 0.3) is 0 Å². The van der Waals surface area contributed by atoms with Crippen molar-refractivity contribution in [1.29, 1.82) is 0 Å². The molecule has 1 rings (SSSR count). The normalized spacial score (nSPS) is 12.8. The number of nitrogens with two attached hydrogens (primary N) is 1. The zero-order chi connectivity index (χ0) is 10.4. The van der Waals surface area contributed by atoms with Gasteiger partial charge in [-0.2, -0.15) is 0 Å². The minimum absolute atomic E-state index is 0.0679. The molecule has 0 aromatic heterocycles. The van der Waals surface area contributed by atoms with E-state index < -0.39 is 0 Å². The summed E-state index contributed by atoms with van der Waals surface area (Å²) in [5, 5.41) is 9.14. The van der Waals surface area contributed by atoms with Crippen LogP contribution in [-0.2, 0) is 6.61 Å². The van der Waals surface area contributed by atoms with Gasteiger partial charge in [-0.05, 0) is 17.5 Å². The number of rotatable bonds is 5. The number of hydrogen-bond acceptors (Lipinski definition) is 2. The summed E-state index contributed by atoms with van der Waals surface area (Å²) in [6, 6.07) is 7.91. The van der Waals surface area contributed by atoms with Crippen molar-refractivity contribution in [2.75, 3.05) is 0 Å². The van der Waals surface area contributed by atoms with Crippen LogP contribution in [0, 0.1) is 0 Å². The summed E-state index contributed by atoms with van der Waals surface area (Å²) in [5.41, 5.74) is 8.09. The molecule has 0 bridgehead atoms. The van der Waals surface area contributed by atoms with Gasteiger partial charge in [0, 0.05) is 6.04 Å². The summed E-state index contributed by atoms with van der Waals surface area (Å²) in [6.45, 7) is 2.24. The van der Waals surface area contributed by atoms with Gasteiger partial charge in [0.05, 0.1) is 6.61 Å². The molecule has 1 aromatic carbocycles. The molecule has 0 saturated carbocycles. The molecule has 0 spiro atoms. The Morgan fingerprint density at radius 2 is 2.07 bits per heavy atom. The molecule has 1 aromatic rings. The maximum atomic E-state index is 9.14. The Morgan fingerprint density at radius 1 is 1.36 bits per heavy atom. The molecule has 0 saturated heterocycles. The summed E-state index contributed by atoms with van der Waals surface area (Å²) in [7, 11) is 0. The smallest absolute Gasteiger partial charge is 0.0685 e. The lowest BCUT2D eigenvalue weighted by molar-refractivity contribution is 0.279. The van der Waals surface area contributed by atoms with E-state index in [1.807, 2.05) is 24.3 Å². The van der Waals surface area contributed by atoms with Gasteiger partial charge in [0.1, 0.15) is 0 Å². The van der Waals surface area contributed by atoms with Crippen LogP contribution in [0.1, 0.15) is 43.4 Å². The lowest BCUT2D eigenvalue weighted by atomic mass is 9.97. The highest BCUT2D eigenvalue weighted by atomic mass is 16.3. The zero-order valence-electron chi connectivity index (χ0n) is 8.74. The predicted molar refractivity (Wildman–Crippen MR) is 58.8 cm³/mol. The van der Waals surface area contributed by atoms with Crippen LogP contribution >= 0.6 is 0 Å². The van der Waals surface area contributed by atoms with Gasteiger partial charge in [-0.25, -0.2) is 0 Å². The molecule has 0 heterocycles. The van der Waals surface area contributed by atoms with Crippen molar-refractivity contribution in [1.82, 2.24) is 0 Å². The second-order valence-electron chi connectivity index (χ2n) is 3.61. The number of unbranched alkanes of at least 4 members (excludes halogenated alkanes) is 1. The van der Waals surface area contributed by atoms with Crippen molar-refractivity contribution >= 4 is 0 Å². The van der Waals surface area contributed by atoms with E-state index in [0.717, 1.165) is 30.4 Å². The fraction of sp³-hybridized carbons (Fsp3) is 0.500. The SMILES string of the molecule is CCCC[C@@H](N)c1ccccc1CO. The molecule has 0 aliphatic carbocycles. The number of hydrogen-bond donors (Lipinski definition) is 2. The second-order valence-corrected chi connectivity index (χ2v) is 3.61. The van der Waals surface area contributed by atoms with Gasteiger partial charge in [-0.3, -0.25) is 0 Å². The standard InChI is InChI=1S/C12H19NO/c1-2-3-8-12(13)11-7-5-4-6-10(11)9-14/h4-7,12,14H,2-3,8-9,13H2,1H3/t12-/m1/s1. The fourth-order valence-corrected chi connectivity index (χ4v) is 1.62. The third-order valence-corrected chi connectivity index (χ3v) is 2.49. The highest BCUT2D eigenvalue weighted by Crippen LogP contribution is 2.20. The lowest BCUT2D eigenvalue weighted by Gasteiger charge is -2.14. The monoisotopic (exact) mass is 193 g/mol. The Kier molecular flexibility index (Phi) is 4.63. The maximum absolute atomic E-state index is 9.14. The Labute approximate surface area is 85.8 Å². The van der Waals surface area contributed by atoms with Gasteiger partial charge < -0.3 is 10.8 Å². The molecule has 0 fully saturated rings. The van der Waals surface area contributed by atoms with Crippen molar-refractivity contribution in [3.05, 3.63) is 35.4 Å². The van der Waals surface area contributed by atoms with Crippen LogP contribution < -0.4 is 5.73 Å². The Hall–Kier alpha value is -0.860. The van der Waals surface area contributed by atoms with Crippen LogP contribution in [0.4, 0.5) is 0 Å². The van der Waals surface area contributed by atoms with Crippen LogP contribution in [-0.4, -0.2) is 5.11 Å². The third kappa shape index (κ3) is 2.82. The first-order valence-electron chi connectivity index (χ1n) is 5.23. The zero-order valence-corrected chi connectivity index (χ0v) is 8.74. The van der Waals surface area contributed by atoms with Crippen LogP contribution in [0.3, 0.4) is 0 Å². The summed E-state index contributed by atoms with van der Waals surface area (Å²) in [6.07, 6.45) is 3.30. The number of aliphatic hydroxyl groups is 1. The summed E-state index contributed by atoms with van der Waals surface area (Å²) < 4.78 is 0. The van der Waals surface area contributed by atoms with Gasteiger partial charge in [-0.15, -0.1) is 0 Å². The first-order chi connectivity index (χ1) is 6.79. The van der Waals surface area contributed by atoms with E-state index in [4.69, 9.17) is 10.8 Å². The Bertz CT molecular complexity index is 273. The predicted octanol–water partition coefficient (Wildman–Crippen LogP) is 2.37. The minimum Gasteiger partial charge on any atom is -0.392 e. The number of benzene rings is 1. The fourth-order valence-electron chi connectivity index (χ4n) is 1.62. The van der Waals surface area contributed by atoms with Gasteiger partial charge in [0.25, 0.3) is 0 Å². The van der Waals surface area contributed by atoms with Gasteiger partial charge in [-0.1, -0.05) is 44.0 Å². The van der Waals surface area contributed by atoms with Crippen molar-refractivity contribution < 1.29 is 5.11 Å². The van der Waals surface area contributed by atoms with Gasteiger partial charge in [0.2, 0.25) is 0 Å². The second kappa shape index (κ2) is 5.78. The highest BCUT2D eigenvalue weighted by Gasteiger charge is 2.08. The molecule has 3 N–H and O–H groups in total. The first kappa shape index (κ1) is 11.2. The minimum atomic E-state index is 0.0679. The van der Waals surface area contributed by atoms with E-state index in [9.17, 15) is 0 Å². The van der Waals surface area contributed by atoms with Gasteiger partial charge >= 0.3 is 0 Å². The molecule has 0 aliphatic heterocycles. The lowest BCUT2D eigenvalue weighted by Crippen LogP contribution is -2.12. The Balaban J connectivity index is 2.72. The molecule has 0 aliphatic rings. The van der Waals surface area contributed by atoms with Crippen molar-refractivity contribution in [3.8, 4) is 0 Å². The average Bonchev–Trinajstić information content (AvgIpc) is 2.25. The van der Waals surface area contributed by atoms with E-state index in [0.29, 0.717) is 0 Å². The third-order valence-electron chi connectivity index (χ3n) is 2.49. The van der Waals surface area contributed by atoms with Crippen molar-refractivity contribution in [3.63, 3.8) is 0 Å². The summed E-state index contributed by atoms with van der Waals surface area (Å²) in [5.74, 6) is 0. The molecular formula is C12H19NO. The van der Waals surface area contributed by atoms with E-state index >= 15 is 0 Å². The first-order valence-corrected chi connectivity index (χ1v) is 5.23. The van der Waals surface area contributed by atoms with Crippen molar-refractivity contribution in [2.24, 2.45) is 5.73 Å². The molecule has 78 valence electrons. The maximum Gasteiger partial charge on any atom is 0.0685 e. The molecule has 0 radical (unpaired) electrons. The molecule has 14 heavy (non-hydrogen) atoms. The van der Waals surface area contributed by atoms with E-state index in [1.54, 1.807) is 0 Å². The molecule has 0 unspecified atom stereocenters. The van der Waals surface area contributed by atoms with Gasteiger partial charge in [0.15, 0.2) is 0 Å². The quantitative estimate of drug-likeness (QED) is 0.754. The summed E-state index contributed by atoms with van der Waals surface area (Å²) >= 11 is 0. The largest absolute Gasteiger partial charge is 0.392 e. The highest BCUT2D eigenvalue weighted by molar-refractivity contribution is 5.29. The van der Waals surface area contributed by atoms with E-state index in [2.05, 4.69) is 6.92 Å². The molecule has 0 amide bonds.